The third kappa shape index (κ3) is 2.32. The summed E-state index contributed by atoms with van der Waals surface area (Å²) in [4.78, 5) is 33.6. The summed E-state index contributed by atoms with van der Waals surface area (Å²) in [6, 6.07) is 0. The van der Waals surface area contributed by atoms with Crippen LogP contribution in [0, 0.1) is 0 Å². The zero-order valence-corrected chi connectivity index (χ0v) is 7.56. The van der Waals surface area contributed by atoms with E-state index in [1.165, 1.54) is 7.11 Å². The van der Waals surface area contributed by atoms with Gasteiger partial charge in [0.1, 0.15) is 6.61 Å². The molecule has 76 valence electrons. The smallest absolute Gasteiger partial charge is 0.416 e. The lowest BCUT2D eigenvalue weighted by molar-refractivity contribution is -0.135. The van der Waals surface area contributed by atoms with Crippen LogP contribution in [0.1, 0.15) is 0 Å². The molecule has 0 aromatic heterocycles. The number of esters is 1. The van der Waals surface area contributed by atoms with Crippen molar-refractivity contribution >= 4 is 18.0 Å². The lowest BCUT2D eigenvalue weighted by Gasteiger charge is -2.05. The monoisotopic (exact) mass is 199 g/mol. The topological polar surface area (TPSA) is 72.9 Å². The van der Waals surface area contributed by atoms with Crippen LogP contribution in [-0.2, 0) is 19.1 Å². The van der Waals surface area contributed by atoms with E-state index in [1.54, 1.807) is 0 Å². The predicted octanol–water partition coefficient (Wildman–Crippen LogP) is -0.306. The summed E-state index contributed by atoms with van der Waals surface area (Å²) in [6.45, 7) is 0.403. The van der Waals surface area contributed by atoms with Gasteiger partial charge in [-0.2, -0.15) is 0 Å². The molecule has 0 unspecified atom stereocenters. The Morgan fingerprint density at radius 1 is 1.50 bits per heavy atom. The Morgan fingerprint density at radius 2 is 2.21 bits per heavy atom. The number of carbonyl (C=O) groups is 3. The number of cyclic esters (lactones) is 1. The molecule has 1 fully saturated rings. The number of hydrogen-bond donors (Lipinski definition) is 0. The van der Waals surface area contributed by atoms with Crippen LogP contribution in [0.25, 0.3) is 0 Å². The molecule has 6 nitrogen and oxygen atoms in total. The molecule has 1 saturated heterocycles. The highest BCUT2D eigenvalue weighted by molar-refractivity contribution is 6.02. The van der Waals surface area contributed by atoms with Crippen LogP contribution in [0.5, 0.6) is 0 Å². The van der Waals surface area contributed by atoms with Gasteiger partial charge in [-0.05, 0) is 0 Å². The summed E-state index contributed by atoms with van der Waals surface area (Å²) >= 11 is 0. The number of amides is 2. The van der Waals surface area contributed by atoms with Crippen molar-refractivity contribution < 1.29 is 23.9 Å². The van der Waals surface area contributed by atoms with Gasteiger partial charge in [-0.25, -0.2) is 14.5 Å². The molecule has 14 heavy (non-hydrogen) atoms. The van der Waals surface area contributed by atoms with Crippen molar-refractivity contribution in [1.29, 1.82) is 0 Å². The molecule has 0 spiro atoms. The van der Waals surface area contributed by atoms with Crippen molar-refractivity contribution in [3.63, 3.8) is 0 Å². The summed E-state index contributed by atoms with van der Waals surface area (Å²) < 4.78 is 8.81. The van der Waals surface area contributed by atoms with Crippen molar-refractivity contribution in [2.75, 3.05) is 20.3 Å². The SMILES string of the molecule is COC(=O)C=CC(=O)N1CCOC1=O. The van der Waals surface area contributed by atoms with Crippen LogP contribution < -0.4 is 0 Å². The van der Waals surface area contributed by atoms with E-state index in [0.717, 1.165) is 17.1 Å². The van der Waals surface area contributed by atoms with E-state index in [2.05, 4.69) is 9.47 Å². The van der Waals surface area contributed by atoms with E-state index in [4.69, 9.17) is 0 Å². The third-order valence-corrected chi connectivity index (χ3v) is 1.59. The summed E-state index contributed by atoms with van der Waals surface area (Å²) in [7, 11) is 1.20. The first-order valence-corrected chi connectivity index (χ1v) is 3.89. The van der Waals surface area contributed by atoms with Gasteiger partial charge in [0.15, 0.2) is 0 Å². The summed E-state index contributed by atoms with van der Waals surface area (Å²) in [6.07, 6.45) is 1.23. The van der Waals surface area contributed by atoms with Gasteiger partial charge in [-0.15, -0.1) is 0 Å². The molecule has 0 saturated carbocycles. The Morgan fingerprint density at radius 3 is 2.71 bits per heavy atom. The second kappa shape index (κ2) is 4.40. The number of hydrogen-bond acceptors (Lipinski definition) is 5. The average Bonchev–Trinajstić information content (AvgIpc) is 2.60. The zero-order valence-electron chi connectivity index (χ0n) is 7.56. The summed E-state index contributed by atoms with van der Waals surface area (Å²) in [5, 5.41) is 0. The molecule has 1 aliphatic rings. The molecule has 0 aromatic rings. The van der Waals surface area contributed by atoms with E-state index in [9.17, 15) is 14.4 Å². The Labute approximate surface area is 80.1 Å². The number of methoxy groups -OCH3 is 1. The molecule has 0 atom stereocenters. The van der Waals surface area contributed by atoms with Crippen molar-refractivity contribution in [1.82, 2.24) is 4.90 Å². The first kappa shape index (κ1) is 10.2. The Hall–Kier alpha value is -1.85. The number of imide groups is 1. The van der Waals surface area contributed by atoms with Crippen LogP contribution in [-0.4, -0.2) is 43.1 Å². The molecule has 1 aliphatic heterocycles. The van der Waals surface area contributed by atoms with E-state index >= 15 is 0 Å². The third-order valence-electron chi connectivity index (χ3n) is 1.59. The van der Waals surface area contributed by atoms with E-state index < -0.39 is 18.0 Å². The molecule has 0 bridgehead atoms. The van der Waals surface area contributed by atoms with Crippen LogP contribution in [0.4, 0.5) is 4.79 Å². The minimum absolute atomic E-state index is 0.191. The molecule has 0 radical (unpaired) electrons. The van der Waals surface area contributed by atoms with Gasteiger partial charge < -0.3 is 9.47 Å². The van der Waals surface area contributed by atoms with Gasteiger partial charge in [-0.3, -0.25) is 4.79 Å². The Balaban J connectivity index is 2.53. The Kier molecular flexibility index (Phi) is 3.22. The van der Waals surface area contributed by atoms with E-state index in [1.807, 2.05) is 0 Å². The summed E-state index contributed by atoms with van der Waals surface area (Å²) in [5.41, 5.74) is 0. The fourth-order valence-corrected chi connectivity index (χ4v) is 0.891. The standard InChI is InChI=1S/C8H9NO5/c1-13-7(11)3-2-6(10)9-4-5-14-8(9)12/h2-3H,4-5H2,1H3. The van der Waals surface area contributed by atoms with Gasteiger partial charge in [0, 0.05) is 12.2 Å². The fraction of sp³-hybridized carbons (Fsp3) is 0.375. The average molecular weight is 199 g/mol. The molecule has 0 aromatic carbocycles. The van der Waals surface area contributed by atoms with Crippen LogP contribution in [0.3, 0.4) is 0 Å². The van der Waals surface area contributed by atoms with Crippen molar-refractivity contribution in [3.05, 3.63) is 12.2 Å². The lowest BCUT2D eigenvalue weighted by Crippen LogP contribution is -2.30. The number of rotatable bonds is 2. The highest BCUT2D eigenvalue weighted by Gasteiger charge is 2.26. The normalized spacial score (nSPS) is 15.8. The van der Waals surface area contributed by atoms with E-state index in [-0.39, 0.29) is 13.2 Å². The van der Waals surface area contributed by atoms with Crippen molar-refractivity contribution in [2.45, 2.75) is 0 Å². The van der Waals surface area contributed by atoms with Crippen molar-refractivity contribution in [3.8, 4) is 0 Å². The molecular formula is C8H9NO5. The zero-order chi connectivity index (χ0) is 10.6. The van der Waals surface area contributed by atoms with Gasteiger partial charge in [-0.1, -0.05) is 0 Å². The predicted molar refractivity (Wildman–Crippen MR) is 44.2 cm³/mol. The largest absolute Gasteiger partial charge is 0.466 e. The van der Waals surface area contributed by atoms with Crippen molar-refractivity contribution in [2.24, 2.45) is 0 Å². The van der Waals surface area contributed by atoms with Crippen LogP contribution in [0.2, 0.25) is 0 Å². The molecule has 1 heterocycles. The number of ether oxygens (including phenoxy) is 2. The highest BCUT2D eigenvalue weighted by Crippen LogP contribution is 2.03. The Bertz CT molecular complexity index is 296. The highest BCUT2D eigenvalue weighted by atomic mass is 16.6. The van der Waals surface area contributed by atoms with Crippen LogP contribution in [0.15, 0.2) is 12.2 Å². The molecular weight excluding hydrogens is 190 g/mol. The second-order valence-corrected chi connectivity index (χ2v) is 2.46. The van der Waals surface area contributed by atoms with Gasteiger partial charge in [0.05, 0.1) is 13.7 Å². The molecule has 2 amide bonds. The lowest BCUT2D eigenvalue weighted by atomic mass is 10.4. The molecule has 6 heteroatoms. The van der Waals surface area contributed by atoms with Gasteiger partial charge >= 0.3 is 12.1 Å². The maximum atomic E-state index is 11.2. The minimum atomic E-state index is -0.690. The quantitative estimate of drug-likeness (QED) is 0.450. The van der Waals surface area contributed by atoms with E-state index in [0.29, 0.717) is 0 Å². The van der Waals surface area contributed by atoms with Crippen LogP contribution >= 0.6 is 0 Å². The first-order chi connectivity index (χ1) is 6.65. The molecule has 0 aliphatic carbocycles. The molecule has 0 N–H and O–H groups in total. The first-order valence-electron chi connectivity index (χ1n) is 3.89. The van der Waals surface area contributed by atoms with Gasteiger partial charge in [0.2, 0.25) is 0 Å². The van der Waals surface area contributed by atoms with Gasteiger partial charge in [0.25, 0.3) is 5.91 Å². The minimum Gasteiger partial charge on any atom is -0.466 e. The maximum Gasteiger partial charge on any atom is 0.416 e. The summed E-state index contributed by atoms with van der Waals surface area (Å²) in [5.74, 6) is -1.23. The molecule has 1 rings (SSSR count). The maximum absolute atomic E-state index is 11.2. The second-order valence-electron chi connectivity index (χ2n) is 2.46. The fourth-order valence-electron chi connectivity index (χ4n) is 0.891. The number of carbonyl (C=O) groups excluding carboxylic acids is 3. The number of nitrogens with zero attached hydrogens (tertiary/aromatic N) is 1.